The Morgan fingerprint density at radius 2 is 2.08 bits per heavy atom. The lowest BCUT2D eigenvalue weighted by atomic mass is 9.85. The van der Waals surface area contributed by atoms with E-state index in [-0.39, 0.29) is 0 Å². The van der Waals surface area contributed by atoms with Gasteiger partial charge in [-0.05, 0) is 11.8 Å². The van der Waals surface area contributed by atoms with Gasteiger partial charge in [0, 0.05) is 19.5 Å². The molecule has 1 atom stereocenters. The zero-order chi connectivity index (χ0) is 9.64. The second-order valence-corrected chi connectivity index (χ2v) is 5.21. The molecule has 0 unspecified atom stereocenters. The van der Waals surface area contributed by atoms with Gasteiger partial charge in [-0.15, -0.1) is 0 Å². The van der Waals surface area contributed by atoms with E-state index >= 15 is 0 Å². The molecule has 2 aliphatic rings. The van der Waals surface area contributed by atoms with Gasteiger partial charge in [0.1, 0.15) is 12.5 Å². The fourth-order valence-electron chi connectivity index (χ4n) is 2.38. The Hall–Kier alpha value is -0.730. The summed E-state index contributed by atoms with van der Waals surface area (Å²) in [5.41, 5.74) is 0.377. The molecule has 0 bridgehead atoms. The number of hydrogen-bond acceptors (Lipinski definition) is 3. The van der Waals surface area contributed by atoms with E-state index in [1.165, 1.54) is 12.3 Å². The molecule has 74 valence electrons. The summed E-state index contributed by atoms with van der Waals surface area (Å²) in [6.45, 7) is 7.94. The monoisotopic (exact) mass is 181 g/mol. The molecule has 0 aliphatic carbocycles. The normalized spacial score (nSPS) is 28.0. The maximum absolute atomic E-state index is 4.49. The molecular formula is C10H19N3. The molecule has 0 N–H and O–H groups in total. The van der Waals surface area contributed by atoms with Gasteiger partial charge in [0.15, 0.2) is 0 Å². The maximum Gasteiger partial charge on any atom is 0.126 e. The van der Waals surface area contributed by atoms with Crippen LogP contribution < -0.4 is 0 Å². The van der Waals surface area contributed by atoms with Gasteiger partial charge < -0.3 is 4.90 Å². The van der Waals surface area contributed by atoms with Crippen LogP contribution in [-0.4, -0.2) is 35.5 Å². The number of hydrogen-bond donors (Lipinski definition) is 0. The van der Waals surface area contributed by atoms with Gasteiger partial charge in [-0.25, -0.2) is 0 Å². The fourth-order valence-corrected chi connectivity index (χ4v) is 2.38. The first-order chi connectivity index (χ1) is 5.98. The van der Waals surface area contributed by atoms with Crippen molar-refractivity contribution in [3.05, 3.63) is 0 Å². The van der Waals surface area contributed by atoms with Gasteiger partial charge in [-0.1, -0.05) is 20.8 Å². The first-order valence-corrected chi connectivity index (χ1v) is 5.04. The minimum atomic E-state index is 0.377. The van der Waals surface area contributed by atoms with E-state index < -0.39 is 0 Å². The van der Waals surface area contributed by atoms with Crippen molar-refractivity contribution in [1.82, 2.24) is 9.91 Å². The van der Waals surface area contributed by atoms with Crippen LogP contribution in [0, 0.1) is 5.41 Å². The minimum Gasteiger partial charge on any atom is -0.336 e. The molecule has 0 saturated carbocycles. The second-order valence-electron chi connectivity index (χ2n) is 5.21. The number of hydrazone groups is 1. The molecule has 3 nitrogen and oxygen atoms in total. The molecule has 0 aromatic carbocycles. The van der Waals surface area contributed by atoms with Crippen molar-refractivity contribution >= 4 is 5.84 Å². The van der Waals surface area contributed by atoms with Crippen molar-refractivity contribution < 1.29 is 0 Å². The smallest absolute Gasteiger partial charge is 0.126 e. The average molecular weight is 181 g/mol. The first-order valence-electron chi connectivity index (χ1n) is 5.04. The Labute approximate surface area is 80.4 Å². The molecule has 2 aliphatic heterocycles. The van der Waals surface area contributed by atoms with Crippen LogP contribution in [-0.2, 0) is 0 Å². The minimum absolute atomic E-state index is 0.377. The highest BCUT2D eigenvalue weighted by molar-refractivity contribution is 5.85. The molecule has 0 radical (unpaired) electrons. The van der Waals surface area contributed by atoms with Crippen LogP contribution in [0.1, 0.15) is 33.6 Å². The Morgan fingerprint density at radius 3 is 2.69 bits per heavy atom. The third kappa shape index (κ3) is 1.40. The number of fused-ring (bicyclic) bond motifs is 1. The van der Waals surface area contributed by atoms with Crippen molar-refractivity contribution in [2.75, 3.05) is 13.7 Å². The number of rotatable bonds is 0. The molecule has 2 heterocycles. The predicted molar refractivity (Wildman–Crippen MR) is 54.4 cm³/mol. The van der Waals surface area contributed by atoms with Crippen LogP contribution in [0.3, 0.4) is 0 Å². The van der Waals surface area contributed by atoms with E-state index in [0.29, 0.717) is 11.5 Å². The first kappa shape index (κ1) is 8.85. The Kier molecular flexibility index (Phi) is 1.79. The lowest BCUT2D eigenvalue weighted by Crippen LogP contribution is -2.41. The zero-order valence-electron chi connectivity index (χ0n) is 9.04. The summed E-state index contributed by atoms with van der Waals surface area (Å²) in [6.07, 6.45) is 2.43. The summed E-state index contributed by atoms with van der Waals surface area (Å²) < 4.78 is 0. The highest BCUT2D eigenvalue weighted by atomic mass is 15.6. The second kappa shape index (κ2) is 2.63. The summed E-state index contributed by atoms with van der Waals surface area (Å²) in [5.74, 6) is 1.29. The van der Waals surface area contributed by atoms with Gasteiger partial charge in [-0.2, -0.15) is 5.10 Å². The summed E-state index contributed by atoms with van der Waals surface area (Å²) in [7, 11) is 2.05. The fraction of sp³-hybridized carbons (Fsp3) is 0.900. The predicted octanol–water partition coefficient (Wildman–Crippen LogP) is 1.71. The third-order valence-corrected chi connectivity index (χ3v) is 2.99. The molecule has 2 rings (SSSR count). The molecule has 3 heteroatoms. The van der Waals surface area contributed by atoms with E-state index in [2.05, 4.69) is 30.8 Å². The highest BCUT2D eigenvalue weighted by Gasteiger charge is 2.40. The Morgan fingerprint density at radius 1 is 1.38 bits per heavy atom. The summed E-state index contributed by atoms with van der Waals surface area (Å²) in [6, 6.07) is 0.677. The van der Waals surface area contributed by atoms with Crippen LogP contribution in [0.5, 0.6) is 0 Å². The number of amidine groups is 1. The lowest BCUT2D eigenvalue weighted by Gasteiger charge is -2.34. The standard InChI is InChI=1S/C10H19N3/c1-10(2,3)8-5-6-9-11-12(4)7-13(8)9/h8H,5-7H2,1-4H3/t8-/m1/s1. The zero-order valence-corrected chi connectivity index (χ0v) is 9.04. The van der Waals surface area contributed by atoms with Crippen molar-refractivity contribution in [1.29, 1.82) is 0 Å². The summed E-state index contributed by atoms with van der Waals surface area (Å²) >= 11 is 0. The highest BCUT2D eigenvalue weighted by Crippen LogP contribution is 2.35. The topological polar surface area (TPSA) is 18.8 Å². The van der Waals surface area contributed by atoms with Crippen molar-refractivity contribution in [3.63, 3.8) is 0 Å². The molecule has 0 aromatic heterocycles. The van der Waals surface area contributed by atoms with Gasteiger partial charge in [0.05, 0.1) is 0 Å². The largest absolute Gasteiger partial charge is 0.336 e. The SMILES string of the molecule is CN1CN2C(=N1)CC[C@@H]2C(C)(C)C. The van der Waals surface area contributed by atoms with E-state index in [1.807, 2.05) is 12.1 Å². The van der Waals surface area contributed by atoms with Crippen LogP contribution in [0.2, 0.25) is 0 Å². The molecule has 0 amide bonds. The maximum atomic E-state index is 4.49. The Bertz CT molecular complexity index is 239. The van der Waals surface area contributed by atoms with Crippen molar-refractivity contribution in [2.24, 2.45) is 10.5 Å². The van der Waals surface area contributed by atoms with Gasteiger partial charge >= 0.3 is 0 Å². The van der Waals surface area contributed by atoms with Crippen LogP contribution in [0.25, 0.3) is 0 Å². The van der Waals surface area contributed by atoms with E-state index in [1.54, 1.807) is 0 Å². The van der Waals surface area contributed by atoms with E-state index in [9.17, 15) is 0 Å². The molecule has 13 heavy (non-hydrogen) atoms. The average Bonchev–Trinajstić information content (AvgIpc) is 2.41. The molecule has 0 aromatic rings. The quantitative estimate of drug-likeness (QED) is 0.566. The van der Waals surface area contributed by atoms with Crippen molar-refractivity contribution in [2.45, 2.75) is 39.7 Å². The van der Waals surface area contributed by atoms with Gasteiger partial charge in [0.25, 0.3) is 0 Å². The summed E-state index contributed by atoms with van der Waals surface area (Å²) in [5, 5.41) is 6.53. The third-order valence-electron chi connectivity index (χ3n) is 2.99. The van der Waals surface area contributed by atoms with Crippen LogP contribution in [0.15, 0.2) is 5.10 Å². The summed E-state index contributed by atoms with van der Waals surface area (Å²) in [4.78, 5) is 2.46. The molecule has 1 fully saturated rings. The number of nitrogens with zero attached hydrogens (tertiary/aromatic N) is 3. The van der Waals surface area contributed by atoms with Gasteiger partial charge in [0.2, 0.25) is 0 Å². The van der Waals surface area contributed by atoms with E-state index in [4.69, 9.17) is 0 Å². The van der Waals surface area contributed by atoms with Crippen LogP contribution >= 0.6 is 0 Å². The lowest BCUT2D eigenvalue weighted by molar-refractivity contribution is 0.148. The van der Waals surface area contributed by atoms with Gasteiger partial charge in [-0.3, -0.25) is 5.01 Å². The van der Waals surface area contributed by atoms with Crippen molar-refractivity contribution in [3.8, 4) is 0 Å². The molecule has 1 saturated heterocycles. The molecule has 0 spiro atoms. The molecular weight excluding hydrogens is 162 g/mol. The van der Waals surface area contributed by atoms with E-state index in [0.717, 1.165) is 13.1 Å². The Balaban J connectivity index is 2.16. The van der Waals surface area contributed by atoms with Crippen LogP contribution in [0.4, 0.5) is 0 Å².